The van der Waals surface area contributed by atoms with Gasteiger partial charge in [-0.05, 0) is 40.6 Å². The zero-order valence-corrected chi connectivity index (χ0v) is 12.0. The van der Waals surface area contributed by atoms with Crippen molar-refractivity contribution >= 4 is 22.5 Å². The second-order valence-electron chi connectivity index (χ2n) is 5.98. The fraction of sp³-hybridized carbons (Fsp3) is 0.100. The third-order valence-corrected chi connectivity index (χ3v) is 4.56. The molecular weight excluding hydrogens is 270 g/mol. The standard InChI is InChI=1S/C20H15NO/c1-3-7-16-14(5-1)9-10-19-17(16)11-12-20(22-19)13-15-6-2-4-8-18(15)21-20/h1-12,21H,13H2. The first-order valence-corrected chi connectivity index (χ1v) is 7.59. The topological polar surface area (TPSA) is 21.3 Å². The third-order valence-electron chi connectivity index (χ3n) is 4.56. The zero-order chi connectivity index (χ0) is 14.6. The van der Waals surface area contributed by atoms with Gasteiger partial charge in [0, 0.05) is 17.7 Å². The minimum atomic E-state index is -0.445. The van der Waals surface area contributed by atoms with Crippen LogP contribution in [0.3, 0.4) is 0 Å². The van der Waals surface area contributed by atoms with Gasteiger partial charge < -0.3 is 10.1 Å². The summed E-state index contributed by atoms with van der Waals surface area (Å²) in [6.45, 7) is 0. The molecule has 0 saturated heterocycles. The minimum absolute atomic E-state index is 0.445. The van der Waals surface area contributed by atoms with Crippen molar-refractivity contribution in [3.8, 4) is 5.75 Å². The molecular formula is C20H15NO. The number of fused-ring (bicyclic) bond motifs is 4. The number of hydrogen-bond acceptors (Lipinski definition) is 2. The Hall–Kier alpha value is -2.74. The summed E-state index contributed by atoms with van der Waals surface area (Å²) in [5.41, 5.74) is 3.19. The Bertz CT molecular complexity index is 901. The number of nitrogens with one attached hydrogen (secondary N) is 1. The summed E-state index contributed by atoms with van der Waals surface area (Å²) in [4.78, 5) is 0. The summed E-state index contributed by atoms with van der Waals surface area (Å²) in [6.07, 6.45) is 5.20. The molecule has 0 fully saturated rings. The van der Waals surface area contributed by atoms with E-state index in [0.29, 0.717) is 0 Å². The normalized spacial score (nSPS) is 21.3. The molecule has 2 nitrogen and oxygen atoms in total. The van der Waals surface area contributed by atoms with Crippen LogP contribution in [0.2, 0.25) is 0 Å². The highest BCUT2D eigenvalue weighted by atomic mass is 16.5. The molecule has 0 amide bonds. The number of hydrogen-bond donors (Lipinski definition) is 1. The van der Waals surface area contributed by atoms with Gasteiger partial charge in [-0.1, -0.05) is 48.5 Å². The predicted octanol–water partition coefficient (Wildman–Crippen LogP) is 4.61. The summed E-state index contributed by atoms with van der Waals surface area (Å²) in [6, 6.07) is 21.0. The lowest BCUT2D eigenvalue weighted by Crippen LogP contribution is -2.41. The average Bonchev–Trinajstić information content (AvgIpc) is 2.91. The first kappa shape index (κ1) is 11.9. The smallest absolute Gasteiger partial charge is 0.204 e. The van der Waals surface area contributed by atoms with Crippen LogP contribution in [0.5, 0.6) is 5.75 Å². The maximum atomic E-state index is 6.37. The van der Waals surface area contributed by atoms with Gasteiger partial charge >= 0.3 is 0 Å². The van der Waals surface area contributed by atoms with Crippen LogP contribution in [0.15, 0.2) is 66.7 Å². The van der Waals surface area contributed by atoms with E-state index in [4.69, 9.17) is 4.74 Å². The summed E-state index contributed by atoms with van der Waals surface area (Å²) in [7, 11) is 0. The van der Waals surface area contributed by atoms with Crippen molar-refractivity contribution in [1.29, 1.82) is 0 Å². The number of para-hydroxylation sites is 1. The molecule has 1 unspecified atom stereocenters. The van der Waals surface area contributed by atoms with E-state index in [1.54, 1.807) is 0 Å². The fourth-order valence-electron chi connectivity index (χ4n) is 3.50. The molecule has 0 aromatic heterocycles. The van der Waals surface area contributed by atoms with Gasteiger partial charge in [-0.2, -0.15) is 0 Å². The molecule has 5 rings (SSSR count). The first-order chi connectivity index (χ1) is 10.8. The van der Waals surface area contributed by atoms with Crippen LogP contribution >= 0.6 is 0 Å². The molecule has 2 heterocycles. The van der Waals surface area contributed by atoms with Gasteiger partial charge in [0.1, 0.15) is 5.75 Å². The van der Waals surface area contributed by atoms with Crippen molar-refractivity contribution in [2.24, 2.45) is 0 Å². The van der Waals surface area contributed by atoms with Crippen LogP contribution in [-0.2, 0) is 6.42 Å². The maximum absolute atomic E-state index is 6.37. The molecule has 1 atom stereocenters. The number of anilines is 1. The SMILES string of the molecule is C1=CC2(Cc3ccccc3N2)Oc2ccc3ccccc3c21. The summed E-state index contributed by atoms with van der Waals surface area (Å²) in [5, 5.41) is 6.01. The Morgan fingerprint density at radius 3 is 2.73 bits per heavy atom. The van der Waals surface area contributed by atoms with E-state index in [-0.39, 0.29) is 0 Å². The fourth-order valence-corrected chi connectivity index (χ4v) is 3.50. The zero-order valence-electron chi connectivity index (χ0n) is 12.0. The van der Waals surface area contributed by atoms with Crippen molar-refractivity contribution in [3.63, 3.8) is 0 Å². The summed E-state index contributed by atoms with van der Waals surface area (Å²) in [5.74, 6) is 0.946. The lowest BCUT2D eigenvalue weighted by molar-refractivity contribution is 0.156. The molecule has 3 aromatic carbocycles. The van der Waals surface area contributed by atoms with E-state index in [1.807, 2.05) is 0 Å². The molecule has 0 saturated carbocycles. The molecule has 3 aromatic rings. The van der Waals surface area contributed by atoms with Crippen molar-refractivity contribution < 1.29 is 4.74 Å². The van der Waals surface area contributed by atoms with Crippen LogP contribution < -0.4 is 10.1 Å². The van der Waals surface area contributed by atoms with Gasteiger partial charge in [0.15, 0.2) is 0 Å². The van der Waals surface area contributed by atoms with Gasteiger partial charge in [0.05, 0.1) is 0 Å². The number of ether oxygens (including phenoxy) is 1. The van der Waals surface area contributed by atoms with Crippen LogP contribution in [-0.4, -0.2) is 5.72 Å². The van der Waals surface area contributed by atoms with Crippen LogP contribution in [0, 0.1) is 0 Å². The highest BCUT2D eigenvalue weighted by Gasteiger charge is 2.38. The molecule has 0 aliphatic carbocycles. The monoisotopic (exact) mass is 285 g/mol. The van der Waals surface area contributed by atoms with Crippen molar-refractivity contribution in [2.45, 2.75) is 12.1 Å². The third kappa shape index (κ3) is 1.61. The Balaban J connectivity index is 1.61. The summed E-state index contributed by atoms with van der Waals surface area (Å²) < 4.78 is 6.37. The first-order valence-electron chi connectivity index (χ1n) is 7.59. The van der Waals surface area contributed by atoms with Crippen molar-refractivity contribution in [1.82, 2.24) is 0 Å². The molecule has 1 N–H and O–H groups in total. The van der Waals surface area contributed by atoms with Crippen LogP contribution in [0.1, 0.15) is 11.1 Å². The van der Waals surface area contributed by atoms with Gasteiger partial charge in [-0.3, -0.25) is 0 Å². The molecule has 2 aliphatic rings. The second kappa shape index (κ2) is 4.14. The largest absolute Gasteiger partial charge is 0.464 e. The maximum Gasteiger partial charge on any atom is 0.204 e. The van der Waals surface area contributed by atoms with E-state index in [9.17, 15) is 0 Å². The molecule has 1 spiro atoms. The van der Waals surface area contributed by atoms with E-state index in [1.165, 1.54) is 21.9 Å². The Morgan fingerprint density at radius 2 is 1.77 bits per heavy atom. The molecule has 2 heteroatoms. The van der Waals surface area contributed by atoms with Gasteiger partial charge in [0.2, 0.25) is 5.72 Å². The molecule has 22 heavy (non-hydrogen) atoms. The molecule has 0 bridgehead atoms. The van der Waals surface area contributed by atoms with E-state index >= 15 is 0 Å². The Morgan fingerprint density at radius 1 is 0.909 bits per heavy atom. The minimum Gasteiger partial charge on any atom is -0.464 e. The second-order valence-corrected chi connectivity index (χ2v) is 5.98. The van der Waals surface area contributed by atoms with Gasteiger partial charge in [-0.25, -0.2) is 0 Å². The summed E-state index contributed by atoms with van der Waals surface area (Å²) >= 11 is 0. The van der Waals surface area contributed by atoms with Crippen LogP contribution in [0.4, 0.5) is 5.69 Å². The highest BCUT2D eigenvalue weighted by Crippen LogP contribution is 2.41. The van der Waals surface area contributed by atoms with Crippen LogP contribution in [0.25, 0.3) is 16.8 Å². The lowest BCUT2D eigenvalue weighted by atomic mass is 9.98. The van der Waals surface area contributed by atoms with Gasteiger partial charge in [-0.15, -0.1) is 0 Å². The molecule has 0 radical (unpaired) electrons. The Kier molecular flexibility index (Phi) is 2.23. The predicted molar refractivity (Wildman–Crippen MR) is 90.1 cm³/mol. The van der Waals surface area contributed by atoms with E-state index < -0.39 is 5.72 Å². The van der Waals surface area contributed by atoms with E-state index in [2.05, 4.69) is 78.1 Å². The molecule has 2 aliphatic heterocycles. The number of rotatable bonds is 0. The average molecular weight is 285 g/mol. The lowest BCUT2D eigenvalue weighted by Gasteiger charge is -2.32. The van der Waals surface area contributed by atoms with Gasteiger partial charge in [0.25, 0.3) is 0 Å². The quantitative estimate of drug-likeness (QED) is 0.651. The Labute approximate surface area is 129 Å². The van der Waals surface area contributed by atoms with Crippen molar-refractivity contribution in [3.05, 3.63) is 77.9 Å². The highest BCUT2D eigenvalue weighted by molar-refractivity contribution is 5.94. The van der Waals surface area contributed by atoms with E-state index in [0.717, 1.165) is 17.9 Å². The number of benzene rings is 3. The molecule has 106 valence electrons. The van der Waals surface area contributed by atoms with Crippen molar-refractivity contribution in [2.75, 3.05) is 5.32 Å².